The molecule has 0 spiro atoms. The fourth-order valence-electron chi connectivity index (χ4n) is 3.01. The lowest BCUT2D eigenvalue weighted by Crippen LogP contribution is -2.39. The number of hydrogen-bond acceptors (Lipinski definition) is 7. The normalized spacial score (nSPS) is 18.5. The highest BCUT2D eigenvalue weighted by molar-refractivity contribution is 5.97. The number of rotatable bonds is 4. The SMILES string of the molecule is O=C(O)c1cc([N+](=O)[O-])c(N2CCOCC2)cc1N1CCOCC1. The third-order valence-corrected chi connectivity index (χ3v) is 4.22. The van der Waals surface area contributed by atoms with Gasteiger partial charge in [-0.2, -0.15) is 0 Å². The fourth-order valence-corrected chi connectivity index (χ4v) is 3.01. The Bertz CT molecular complexity index is 587. The van der Waals surface area contributed by atoms with Crippen LogP contribution in [0.4, 0.5) is 17.1 Å². The van der Waals surface area contributed by atoms with Gasteiger partial charge in [-0.25, -0.2) is 4.79 Å². The van der Waals surface area contributed by atoms with Gasteiger partial charge in [-0.3, -0.25) is 10.1 Å². The van der Waals surface area contributed by atoms with Crippen LogP contribution in [0.15, 0.2) is 12.1 Å². The van der Waals surface area contributed by atoms with E-state index in [-0.39, 0.29) is 11.3 Å². The quantitative estimate of drug-likeness (QED) is 0.640. The number of hydrogen-bond donors (Lipinski definition) is 1. The van der Waals surface area contributed by atoms with Crippen molar-refractivity contribution in [3.05, 3.63) is 27.8 Å². The fraction of sp³-hybridized carbons (Fsp3) is 0.533. The van der Waals surface area contributed by atoms with Gasteiger partial charge in [0.1, 0.15) is 5.69 Å². The molecule has 0 saturated carbocycles. The van der Waals surface area contributed by atoms with Crippen LogP contribution in [0.25, 0.3) is 0 Å². The van der Waals surface area contributed by atoms with E-state index in [9.17, 15) is 20.0 Å². The Morgan fingerprint density at radius 2 is 1.50 bits per heavy atom. The van der Waals surface area contributed by atoms with Gasteiger partial charge in [0.2, 0.25) is 0 Å². The number of anilines is 2. The maximum atomic E-state index is 11.6. The molecule has 1 aromatic rings. The van der Waals surface area contributed by atoms with Crippen molar-refractivity contribution in [2.24, 2.45) is 0 Å². The summed E-state index contributed by atoms with van der Waals surface area (Å²) in [6.07, 6.45) is 0. The van der Waals surface area contributed by atoms with E-state index in [0.717, 1.165) is 6.07 Å². The Labute approximate surface area is 138 Å². The van der Waals surface area contributed by atoms with E-state index >= 15 is 0 Å². The second-order valence-corrected chi connectivity index (χ2v) is 5.62. The number of aromatic carboxylic acids is 1. The molecule has 9 nitrogen and oxygen atoms in total. The van der Waals surface area contributed by atoms with Crippen molar-refractivity contribution in [1.29, 1.82) is 0 Å². The molecule has 0 aromatic heterocycles. The van der Waals surface area contributed by atoms with Gasteiger partial charge < -0.3 is 24.4 Å². The lowest BCUT2D eigenvalue weighted by atomic mass is 10.1. The minimum atomic E-state index is -1.17. The molecule has 2 fully saturated rings. The zero-order valence-electron chi connectivity index (χ0n) is 13.1. The Hall–Kier alpha value is -2.39. The summed E-state index contributed by atoms with van der Waals surface area (Å²) in [4.78, 5) is 26.3. The Morgan fingerprint density at radius 3 is 1.96 bits per heavy atom. The Kier molecular flexibility index (Phi) is 4.81. The van der Waals surface area contributed by atoms with Crippen LogP contribution in [0.5, 0.6) is 0 Å². The molecule has 24 heavy (non-hydrogen) atoms. The van der Waals surface area contributed by atoms with Gasteiger partial charge in [0, 0.05) is 32.2 Å². The van der Waals surface area contributed by atoms with E-state index in [1.807, 2.05) is 9.80 Å². The van der Waals surface area contributed by atoms with Crippen LogP contribution < -0.4 is 9.80 Å². The zero-order chi connectivity index (χ0) is 17.1. The van der Waals surface area contributed by atoms with Crippen molar-refractivity contribution in [2.75, 3.05) is 62.4 Å². The molecule has 0 aliphatic carbocycles. The lowest BCUT2D eigenvalue weighted by molar-refractivity contribution is -0.384. The van der Waals surface area contributed by atoms with Crippen molar-refractivity contribution in [1.82, 2.24) is 0 Å². The molecule has 2 aliphatic rings. The molecule has 0 bridgehead atoms. The van der Waals surface area contributed by atoms with Crippen LogP contribution in [-0.2, 0) is 9.47 Å². The van der Waals surface area contributed by atoms with Gasteiger partial charge in [0.25, 0.3) is 5.69 Å². The van der Waals surface area contributed by atoms with Crippen LogP contribution in [0.2, 0.25) is 0 Å². The van der Waals surface area contributed by atoms with Crippen LogP contribution in [0, 0.1) is 10.1 Å². The molecule has 0 unspecified atom stereocenters. The largest absolute Gasteiger partial charge is 0.478 e. The van der Waals surface area contributed by atoms with E-state index in [0.29, 0.717) is 64.0 Å². The first kappa shape index (κ1) is 16.5. The standard InChI is InChI=1S/C15H19N3O6/c19-15(20)11-9-14(18(21)22)13(17-3-7-24-8-4-17)10-12(11)16-1-5-23-6-2-16/h9-10H,1-8H2,(H,19,20). The predicted octanol–water partition coefficient (Wildman–Crippen LogP) is 0.966. The summed E-state index contributed by atoms with van der Waals surface area (Å²) in [5, 5.41) is 20.9. The highest BCUT2D eigenvalue weighted by atomic mass is 16.6. The Balaban J connectivity index is 2.08. The molecule has 3 rings (SSSR count). The second kappa shape index (κ2) is 7.02. The molecule has 2 saturated heterocycles. The maximum absolute atomic E-state index is 11.6. The molecule has 9 heteroatoms. The maximum Gasteiger partial charge on any atom is 0.338 e. The van der Waals surface area contributed by atoms with E-state index in [4.69, 9.17) is 9.47 Å². The van der Waals surface area contributed by atoms with E-state index in [1.54, 1.807) is 6.07 Å². The molecular weight excluding hydrogens is 318 g/mol. The van der Waals surface area contributed by atoms with Gasteiger partial charge in [-0.05, 0) is 6.07 Å². The first-order valence-corrected chi connectivity index (χ1v) is 7.79. The van der Waals surface area contributed by atoms with E-state index < -0.39 is 10.9 Å². The minimum Gasteiger partial charge on any atom is -0.478 e. The average molecular weight is 337 g/mol. The monoisotopic (exact) mass is 337 g/mol. The number of benzene rings is 1. The van der Waals surface area contributed by atoms with Crippen LogP contribution in [-0.4, -0.2) is 68.6 Å². The Morgan fingerprint density at radius 1 is 1.00 bits per heavy atom. The van der Waals surface area contributed by atoms with Crippen molar-refractivity contribution in [3.8, 4) is 0 Å². The second-order valence-electron chi connectivity index (χ2n) is 5.62. The molecule has 0 amide bonds. The first-order chi connectivity index (χ1) is 11.6. The van der Waals surface area contributed by atoms with Crippen molar-refractivity contribution in [2.45, 2.75) is 0 Å². The van der Waals surface area contributed by atoms with Gasteiger partial charge in [-0.15, -0.1) is 0 Å². The summed E-state index contributed by atoms with van der Waals surface area (Å²) in [6.45, 7) is 4.17. The first-order valence-electron chi connectivity index (χ1n) is 7.79. The number of nitro benzene ring substituents is 1. The summed E-state index contributed by atoms with van der Waals surface area (Å²) in [6, 6.07) is 2.79. The van der Waals surface area contributed by atoms with Gasteiger partial charge in [0.15, 0.2) is 0 Å². The summed E-state index contributed by atoms with van der Waals surface area (Å²) < 4.78 is 10.6. The van der Waals surface area contributed by atoms with Crippen molar-refractivity contribution < 1.29 is 24.3 Å². The summed E-state index contributed by atoms with van der Waals surface area (Å²) in [7, 11) is 0. The smallest absolute Gasteiger partial charge is 0.338 e. The highest BCUT2D eigenvalue weighted by Crippen LogP contribution is 2.36. The topological polar surface area (TPSA) is 105 Å². The van der Waals surface area contributed by atoms with Crippen LogP contribution in [0.3, 0.4) is 0 Å². The molecule has 2 heterocycles. The number of carboxylic acids is 1. The summed E-state index contributed by atoms with van der Waals surface area (Å²) in [5.41, 5.74) is 0.694. The number of ether oxygens (including phenoxy) is 2. The minimum absolute atomic E-state index is 0.0550. The number of nitro groups is 1. The molecule has 1 N–H and O–H groups in total. The average Bonchev–Trinajstić information content (AvgIpc) is 2.62. The van der Waals surface area contributed by atoms with E-state index in [1.165, 1.54) is 0 Å². The van der Waals surface area contributed by atoms with E-state index in [2.05, 4.69) is 0 Å². The van der Waals surface area contributed by atoms with Gasteiger partial charge in [0.05, 0.1) is 42.6 Å². The van der Waals surface area contributed by atoms with Crippen LogP contribution in [0.1, 0.15) is 10.4 Å². The van der Waals surface area contributed by atoms with Crippen LogP contribution >= 0.6 is 0 Å². The number of carboxylic acid groups (broad SMARTS) is 1. The number of nitrogens with zero attached hydrogens (tertiary/aromatic N) is 3. The molecule has 1 aromatic carbocycles. The van der Waals surface area contributed by atoms with Gasteiger partial charge >= 0.3 is 5.97 Å². The molecule has 2 aliphatic heterocycles. The van der Waals surface area contributed by atoms with Gasteiger partial charge in [-0.1, -0.05) is 0 Å². The number of morpholine rings is 2. The lowest BCUT2D eigenvalue weighted by Gasteiger charge is -2.33. The summed E-state index contributed by atoms with van der Waals surface area (Å²) in [5.74, 6) is -1.17. The third kappa shape index (κ3) is 3.26. The molecule has 0 radical (unpaired) electrons. The van der Waals surface area contributed by atoms with Crippen molar-refractivity contribution in [3.63, 3.8) is 0 Å². The predicted molar refractivity (Wildman–Crippen MR) is 86.1 cm³/mol. The molecule has 130 valence electrons. The molecular formula is C15H19N3O6. The third-order valence-electron chi connectivity index (χ3n) is 4.22. The zero-order valence-corrected chi connectivity index (χ0v) is 13.1. The number of carbonyl (C=O) groups is 1. The highest BCUT2D eigenvalue weighted by Gasteiger charge is 2.28. The molecule has 0 atom stereocenters. The summed E-state index contributed by atoms with van der Waals surface area (Å²) >= 11 is 0. The van der Waals surface area contributed by atoms with Crippen molar-refractivity contribution >= 4 is 23.0 Å².